The van der Waals surface area contributed by atoms with E-state index in [4.69, 9.17) is 4.21 Å². The molecule has 0 heterocycles. The van der Waals surface area contributed by atoms with E-state index in [1.807, 2.05) is 0 Å². The summed E-state index contributed by atoms with van der Waals surface area (Å²) in [5.41, 5.74) is 10.5. The number of rotatable bonds is 5. The van der Waals surface area contributed by atoms with Crippen LogP contribution < -0.4 is 3.27 Å². The van der Waals surface area contributed by atoms with E-state index in [0.29, 0.717) is 13.2 Å². The maximum atomic E-state index is 5.81. The molecule has 0 nitrogen and oxygen atoms in total. The van der Waals surface area contributed by atoms with Crippen molar-refractivity contribution in [3.8, 4) is 11.1 Å². The minimum absolute atomic E-state index is 0. The molecule has 0 unspecified atom stereocenters. The Labute approximate surface area is 274 Å². The molecule has 3 aromatic rings. The monoisotopic (exact) mass is 692 g/mol. The van der Waals surface area contributed by atoms with Gasteiger partial charge in [-0.3, -0.25) is 0 Å². The number of halogens is 2. The van der Waals surface area contributed by atoms with E-state index in [0.717, 1.165) is 6.42 Å². The molecule has 0 aliphatic heterocycles. The second-order valence-corrected chi connectivity index (χ2v) is 30.3. The van der Waals surface area contributed by atoms with Crippen molar-refractivity contribution in [1.29, 1.82) is 0 Å². The first kappa shape index (κ1) is 34.3. The summed E-state index contributed by atoms with van der Waals surface area (Å²) in [6, 6.07) is 24.9. The van der Waals surface area contributed by atoms with Gasteiger partial charge in [0.15, 0.2) is 0 Å². The van der Waals surface area contributed by atoms with E-state index in [1.54, 1.807) is 17.7 Å². The molecule has 0 N–H and O–H groups in total. The fourth-order valence-corrected chi connectivity index (χ4v) is 28.6. The van der Waals surface area contributed by atoms with Gasteiger partial charge >= 0.3 is 252 Å². The molecular weight excluding hydrogens is 643 g/mol. The Bertz CT molecular complexity index is 1570. The molecule has 0 spiro atoms. The van der Waals surface area contributed by atoms with Crippen LogP contribution in [0.1, 0.15) is 118 Å². The van der Waals surface area contributed by atoms with Crippen molar-refractivity contribution >= 4 is 32.3 Å². The van der Waals surface area contributed by atoms with E-state index in [2.05, 4.69) is 134 Å². The molecule has 0 amide bonds. The first-order valence-electron chi connectivity index (χ1n) is 16.0. The second-order valence-electron chi connectivity index (χ2n) is 15.9. The maximum absolute atomic E-state index is 5.81. The van der Waals surface area contributed by atoms with Gasteiger partial charge in [0, 0.05) is 0 Å². The van der Waals surface area contributed by atoms with E-state index in [1.165, 1.54) is 47.1 Å². The molecule has 3 heteroatoms. The average Bonchev–Trinajstić information content (AvgIpc) is 3.53. The molecule has 1 saturated carbocycles. The zero-order valence-electron chi connectivity index (χ0n) is 27.6. The molecule has 0 radical (unpaired) electrons. The molecule has 43 heavy (non-hydrogen) atoms. The number of hydrogen-bond acceptors (Lipinski definition) is 0. The van der Waals surface area contributed by atoms with Crippen molar-refractivity contribution in [2.45, 2.75) is 105 Å². The van der Waals surface area contributed by atoms with Crippen molar-refractivity contribution in [2.75, 3.05) is 0 Å². The van der Waals surface area contributed by atoms with Crippen LogP contribution in [0.2, 0.25) is 3.63 Å². The van der Waals surface area contributed by atoms with Crippen molar-refractivity contribution in [3.63, 3.8) is 0 Å². The molecular formula is C40H52Cl2Zr. The molecule has 0 atom stereocenters. The normalized spacial score (nSPS) is 17.1. The summed E-state index contributed by atoms with van der Waals surface area (Å²) in [4.78, 5) is 0. The first-order valence-corrected chi connectivity index (χ1v) is 23.1. The third kappa shape index (κ3) is 5.19. The van der Waals surface area contributed by atoms with Gasteiger partial charge in [-0.1, -0.05) is 0 Å². The summed E-state index contributed by atoms with van der Waals surface area (Å²) in [7, 11) is 0. The standard InChI is InChI=1S/C21H25.C9H11.C5H5.C4H7.CH2.2ClH.Zr/c1-20(2,3)16-7-9-18-14(12-16)11-15-13-17(21(4,5)6)8-10-19(15)18;1-8(2)9-6-4-3-5-7-9;1-2-4-5-3-1;1-2-4-3-1;;;;/h7-13H,1-6H3;4-8H,1-2H3;1-3H,4H2;1H,2-4H2;1H2;2*1H;. The molecule has 0 aromatic heterocycles. The van der Waals surface area contributed by atoms with E-state index >= 15 is 0 Å². The van der Waals surface area contributed by atoms with Gasteiger partial charge in [0.2, 0.25) is 0 Å². The molecule has 3 aliphatic rings. The molecule has 3 aliphatic carbocycles. The number of hydrogen-bond donors (Lipinski definition) is 0. The van der Waals surface area contributed by atoms with Gasteiger partial charge in [0.25, 0.3) is 0 Å². The zero-order chi connectivity index (χ0) is 29.4. The summed E-state index contributed by atoms with van der Waals surface area (Å²) >= 11 is -4.36. The van der Waals surface area contributed by atoms with Crippen molar-refractivity contribution < 1.29 is 18.3 Å². The first-order chi connectivity index (χ1) is 19.2. The second kappa shape index (κ2) is 11.7. The summed E-state index contributed by atoms with van der Waals surface area (Å²) in [6.07, 6.45) is 12.3. The van der Waals surface area contributed by atoms with Gasteiger partial charge in [-0.05, 0) is 0 Å². The van der Waals surface area contributed by atoms with Crippen LogP contribution in [0.25, 0.3) is 11.1 Å². The van der Waals surface area contributed by atoms with Crippen LogP contribution in [-0.2, 0) is 29.1 Å². The Morgan fingerprint density at radius 2 is 1.26 bits per heavy atom. The minimum atomic E-state index is -4.36. The number of allylic oxidation sites excluding steroid dienone is 4. The predicted octanol–water partition coefficient (Wildman–Crippen LogP) is 11.6. The quantitative estimate of drug-likeness (QED) is 0.249. The van der Waals surface area contributed by atoms with Gasteiger partial charge < -0.3 is 0 Å². The molecule has 230 valence electrons. The molecule has 0 bridgehead atoms. The summed E-state index contributed by atoms with van der Waals surface area (Å²) in [5.74, 6) is 0.530. The Morgan fingerprint density at radius 1 is 0.744 bits per heavy atom. The van der Waals surface area contributed by atoms with Gasteiger partial charge in [-0.25, -0.2) is 0 Å². The number of benzene rings is 3. The molecule has 1 fully saturated rings. The van der Waals surface area contributed by atoms with Crippen LogP contribution in [0.15, 0.2) is 82.2 Å². The average molecular weight is 695 g/mol. The Balaban J connectivity index is 0.00000212. The van der Waals surface area contributed by atoms with Crippen LogP contribution in [0.5, 0.6) is 0 Å². The van der Waals surface area contributed by atoms with Crippen molar-refractivity contribution in [2.24, 2.45) is 0 Å². The fraction of sp³-hybridized carbons (Fsp3) is 0.425. The van der Waals surface area contributed by atoms with Crippen LogP contribution in [0.4, 0.5) is 0 Å². The van der Waals surface area contributed by atoms with Crippen LogP contribution in [-0.4, -0.2) is 4.21 Å². The van der Waals surface area contributed by atoms with Gasteiger partial charge in [-0.15, -0.1) is 24.8 Å². The Morgan fingerprint density at radius 3 is 1.63 bits per heavy atom. The summed E-state index contributed by atoms with van der Waals surface area (Å²) in [5, 5.41) is 0. The number of fused-ring (bicyclic) bond motifs is 3. The predicted molar refractivity (Wildman–Crippen MR) is 192 cm³/mol. The molecule has 3 aromatic carbocycles. The summed E-state index contributed by atoms with van der Waals surface area (Å²) in [6.45, 7) is 18.8. The zero-order valence-corrected chi connectivity index (χ0v) is 31.7. The van der Waals surface area contributed by atoms with Gasteiger partial charge in [0.1, 0.15) is 0 Å². The third-order valence-electron chi connectivity index (χ3n) is 11.2. The fourth-order valence-electron chi connectivity index (χ4n) is 8.39. The van der Waals surface area contributed by atoms with Gasteiger partial charge in [0.05, 0.1) is 0 Å². The van der Waals surface area contributed by atoms with E-state index < -0.39 is 18.3 Å². The molecule has 6 rings (SSSR count). The van der Waals surface area contributed by atoms with Gasteiger partial charge in [-0.2, -0.15) is 0 Å². The van der Waals surface area contributed by atoms with Crippen LogP contribution in [0.3, 0.4) is 0 Å². The van der Waals surface area contributed by atoms with Crippen molar-refractivity contribution in [3.05, 3.63) is 110 Å². The van der Waals surface area contributed by atoms with E-state index in [9.17, 15) is 0 Å². The SMILES string of the molecule is Cl.Cl.[CH2]=[Zr]([C]1=CC=CC1)([c]1ccc(C(C)C)cc1)([CH]1CCC1)[CH]1c2cc(C(C)(C)C)ccc2-c2ccc(C(C)(C)C)cc21. The van der Waals surface area contributed by atoms with Crippen LogP contribution >= 0.6 is 24.8 Å². The third-order valence-corrected chi connectivity index (χ3v) is 30.8. The Hall–Kier alpha value is -1.53. The Kier molecular flexibility index (Phi) is 9.33. The van der Waals surface area contributed by atoms with E-state index in [-0.39, 0.29) is 35.6 Å². The van der Waals surface area contributed by atoms with Crippen LogP contribution in [0, 0.1) is 0 Å². The summed E-state index contributed by atoms with van der Waals surface area (Å²) < 4.78 is 10.1. The topological polar surface area (TPSA) is 0 Å². The van der Waals surface area contributed by atoms with Crippen molar-refractivity contribution in [1.82, 2.24) is 0 Å². The molecule has 0 saturated heterocycles.